The Morgan fingerprint density at radius 3 is 2.61 bits per heavy atom. The van der Waals surface area contributed by atoms with E-state index in [1.165, 1.54) is 12.1 Å². The number of phenolic OH excluding ortho intramolecular Hbond substituents is 2. The van der Waals surface area contributed by atoms with Crippen LogP contribution in [0.5, 0.6) is 11.5 Å². The van der Waals surface area contributed by atoms with E-state index in [1.54, 1.807) is 11.0 Å². The van der Waals surface area contributed by atoms with Crippen LogP contribution < -0.4 is 5.32 Å². The van der Waals surface area contributed by atoms with Gasteiger partial charge in [-0.15, -0.1) is 0 Å². The summed E-state index contributed by atoms with van der Waals surface area (Å²) in [7, 11) is 0. The number of rotatable bonds is 3. The minimum absolute atomic E-state index is 0.0318. The van der Waals surface area contributed by atoms with E-state index in [4.69, 9.17) is 0 Å². The molecule has 0 aromatic heterocycles. The van der Waals surface area contributed by atoms with Crippen molar-refractivity contribution in [3.05, 3.63) is 53.6 Å². The van der Waals surface area contributed by atoms with Crippen molar-refractivity contribution in [1.29, 1.82) is 0 Å². The Balaban J connectivity index is 2.09. The van der Waals surface area contributed by atoms with Gasteiger partial charge in [-0.1, -0.05) is 25.1 Å². The van der Waals surface area contributed by atoms with Crippen LogP contribution >= 0.6 is 0 Å². The zero-order valence-corrected chi connectivity index (χ0v) is 13.2. The summed E-state index contributed by atoms with van der Waals surface area (Å²) in [6, 6.07) is 12.1. The lowest BCUT2D eigenvalue weighted by molar-refractivity contribution is 0.0593. The number of carbonyl (C=O) groups excluding carboxylic acids is 1. The van der Waals surface area contributed by atoms with Crippen LogP contribution in [0.3, 0.4) is 0 Å². The van der Waals surface area contributed by atoms with Crippen molar-refractivity contribution < 1.29 is 15.0 Å². The predicted octanol–water partition coefficient (Wildman–Crippen LogP) is 3.46. The van der Waals surface area contributed by atoms with Crippen LogP contribution in [0.25, 0.3) is 0 Å². The van der Waals surface area contributed by atoms with Crippen LogP contribution in [0.2, 0.25) is 0 Å². The Hall–Kier alpha value is -2.69. The number of hydrogen-bond donors (Lipinski definition) is 3. The lowest BCUT2D eigenvalue weighted by atomic mass is 10.0. The third kappa shape index (κ3) is 2.59. The molecule has 3 rings (SSSR count). The molecule has 2 aromatic carbocycles. The molecule has 1 aliphatic heterocycles. The molecule has 0 spiro atoms. The largest absolute Gasteiger partial charge is 0.504 e. The highest BCUT2D eigenvalue weighted by atomic mass is 16.3. The number of benzene rings is 2. The molecule has 1 heterocycles. The molecule has 5 heteroatoms. The Morgan fingerprint density at radius 1 is 1.17 bits per heavy atom. The van der Waals surface area contributed by atoms with Crippen molar-refractivity contribution in [2.75, 3.05) is 5.32 Å². The summed E-state index contributed by atoms with van der Waals surface area (Å²) < 4.78 is 0. The lowest BCUT2D eigenvalue weighted by Gasteiger charge is -2.41. The van der Waals surface area contributed by atoms with Crippen molar-refractivity contribution in [2.45, 2.75) is 32.5 Å². The minimum Gasteiger partial charge on any atom is -0.504 e. The summed E-state index contributed by atoms with van der Waals surface area (Å²) in [5, 5.41) is 22.7. The standard InChI is InChI=1S/C18H20N2O3/c1-3-11(2)20-17(12-8-9-15(21)16(22)10-12)19-14-7-5-4-6-13(14)18(20)23/h4-11,17,19,21-22H,3H2,1-2H3/t11-,17+/m1/s1. The number of aromatic hydroxyl groups is 2. The SMILES string of the molecule is CC[C@@H](C)N1C(=O)c2ccccc2N[C@@H]1c1ccc(O)c(O)c1. The number of para-hydroxylation sites is 1. The van der Waals surface area contributed by atoms with Crippen molar-refractivity contribution in [3.8, 4) is 11.5 Å². The molecule has 0 fully saturated rings. The Morgan fingerprint density at radius 2 is 1.91 bits per heavy atom. The van der Waals surface area contributed by atoms with Crippen LogP contribution in [0, 0.1) is 0 Å². The number of phenols is 2. The molecule has 0 aliphatic carbocycles. The first-order valence-corrected chi connectivity index (χ1v) is 7.73. The highest BCUT2D eigenvalue weighted by Crippen LogP contribution is 2.37. The lowest BCUT2D eigenvalue weighted by Crippen LogP contribution is -2.47. The molecular weight excluding hydrogens is 292 g/mol. The molecule has 0 bridgehead atoms. The third-order valence-electron chi connectivity index (χ3n) is 4.34. The Labute approximate surface area is 135 Å². The first-order chi connectivity index (χ1) is 11.0. The first-order valence-electron chi connectivity index (χ1n) is 7.73. The molecule has 1 aliphatic rings. The van der Waals surface area contributed by atoms with E-state index in [2.05, 4.69) is 5.32 Å². The fourth-order valence-corrected chi connectivity index (χ4v) is 2.87. The summed E-state index contributed by atoms with van der Waals surface area (Å²) in [5.41, 5.74) is 2.14. The quantitative estimate of drug-likeness (QED) is 0.759. The predicted molar refractivity (Wildman–Crippen MR) is 88.5 cm³/mol. The van der Waals surface area contributed by atoms with Gasteiger partial charge in [0, 0.05) is 11.7 Å². The van der Waals surface area contributed by atoms with E-state index in [0.717, 1.165) is 17.7 Å². The van der Waals surface area contributed by atoms with E-state index >= 15 is 0 Å². The van der Waals surface area contributed by atoms with Crippen LogP contribution in [0.1, 0.15) is 42.4 Å². The zero-order chi connectivity index (χ0) is 16.6. The van der Waals surface area contributed by atoms with Gasteiger partial charge in [0.15, 0.2) is 11.5 Å². The molecular formula is C18H20N2O3. The van der Waals surface area contributed by atoms with E-state index in [9.17, 15) is 15.0 Å². The van der Waals surface area contributed by atoms with Crippen LogP contribution in [0.15, 0.2) is 42.5 Å². The second-order valence-corrected chi connectivity index (χ2v) is 5.81. The number of hydrogen-bond acceptors (Lipinski definition) is 4. The number of carbonyl (C=O) groups is 1. The molecule has 5 nitrogen and oxygen atoms in total. The number of nitrogens with one attached hydrogen (secondary N) is 1. The Kier molecular flexibility index (Phi) is 3.86. The van der Waals surface area contributed by atoms with Gasteiger partial charge in [0.2, 0.25) is 0 Å². The van der Waals surface area contributed by atoms with E-state index in [1.807, 2.05) is 38.1 Å². The second-order valence-electron chi connectivity index (χ2n) is 5.81. The molecule has 0 saturated carbocycles. The minimum atomic E-state index is -0.390. The van der Waals surface area contributed by atoms with Gasteiger partial charge in [-0.3, -0.25) is 4.79 Å². The smallest absolute Gasteiger partial charge is 0.258 e. The topological polar surface area (TPSA) is 72.8 Å². The fraction of sp³-hybridized carbons (Fsp3) is 0.278. The zero-order valence-electron chi connectivity index (χ0n) is 13.2. The van der Waals surface area contributed by atoms with Crippen molar-refractivity contribution in [3.63, 3.8) is 0 Å². The summed E-state index contributed by atoms with van der Waals surface area (Å²) in [5.74, 6) is -0.405. The average Bonchev–Trinajstić information content (AvgIpc) is 2.56. The number of anilines is 1. The summed E-state index contributed by atoms with van der Waals surface area (Å²) >= 11 is 0. The van der Waals surface area contributed by atoms with Crippen LogP contribution in [-0.4, -0.2) is 27.1 Å². The highest BCUT2D eigenvalue weighted by molar-refractivity contribution is 6.01. The maximum Gasteiger partial charge on any atom is 0.258 e. The van der Waals surface area contributed by atoms with E-state index in [0.29, 0.717) is 5.56 Å². The van der Waals surface area contributed by atoms with Crippen molar-refractivity contribution in [2.24, 2.45) is 0 Å². The maximum absolute atomic E-state index is 12.9. The van der Waals surface area contributed by atoms with Crippen LogP contribution in [0.4, 0.5) is 5.69 Å². The molecule has 3 N–H and O–H groups in total. The normalized spacial score (nSPS) is 18.3. The molecule has 2 aromatic rings. The number of nitrogens with zero attached hydrogens (tertiary/aromatic N) is 1. The van der Waals surface area contributed by atoms with Gasteiger partial charge in [0.25, 0.3) is 5.91 Å². The molecule has 0 unspecified atom stereocenters. The van der Waals surface area contributed by atoms with E-state index < -0.39 is 0 Å². The average molecular weight is 312 g/mol. The van der Waals surface area contributed by atoms with Gasteiger partial charge in [0.05, 0.1) is 5.56 Å². The number of fused-ring (bicyclic) bond motifs is 1. The van der Waals surface area contributed by atoms with Crippen molar-refractivity contribution in [1.82, 2.24) is 4.90 Å². The molecule has 1 amide bonds. The van der Waals surface area contributed by atoms with Gasteiger partial charge in [0.1, 0.15) is 6.17 Å². The molecule has 120 valence electrons. The molecule has 0 radical (unpaired) electrons. The second kappa shape index (κ2) is 5.83. The molecule has 23 heavy (non-hydrogen) atoms. The van der Waals surface area contributed by atoms with Gasteiger partial charge >= 0.3 is 0 Å². The highest BCUT2D eigenvalue weighted by Gasteiger charge is 2.35. The van der Waals surface area contributed by atoms with Gasteiger partial charge in [-0.05, 0) is 43.2 Å². The maximum atomic E-state index is 12.9. The van der Waals surface area contributed by atoms with Gasteiger partial charge < -0.3 is 20.4 Å². The monoisotopic (exact) mass is 312 g/mol. The summed E-state index contributed by atoms with van der Waals surface area (Å²) in [6.07, 6.45) is 0.426. The molecule has 2 atom stereocenters. The summed E-state index contributed by atoms with van der Waals surface area (Å²) in [4.78, 5) is 14.7. The summed E-state index contributed by atoms with van der Waals surface area (Å²) in [6.45, 7) is 4.03. The van der Waals surface area contributed by atoms with Crippen LogP contribution in [-0.2, 0) is 0 Å². The van der Waals surface area contributed by atoms with Gasteiger partial charge in [-0.2, -0.15) is 0 Å². The molecule has 0 saturated heterocycles. The third-order valence-corrected chi connectivity index (χ3v) is 4.34. The first kappa shape index (κ1) is 15.2. The van der Waals surface area contributed by atoms with Gasteiger partial charge in [-0.25, -0.2) is 0 Å². The Bertz CT molecular complexity index is 745. The number of amides is 1. The fourth-order valence-electron chi connectivity index (χ4n) is 2.87. The van der Waals surface area contributed by atoms with E-state index in [-0.39, 0.29) is 29.6 Å². The van der Waals surface area contributed by atoms with Crippen molar-refractivity contribution >= 4 is 11.6 Å².